The van der Waals surface area contributed by atoms with Crippen molar-refractivity contribution < 1.29 is 14.3 Å². The Labute approximate surface area is 175 Å². The number of esters is 1. The van der Waals surface area contributed by atoms with E-state index in [-0.39, 0.29) is 5.82 Å². The quantitative estimate of drug-likeness (QED) is 0.492. The van der Waals surface area contributed by atoms with Crippen LogP contribution in [0.4, 0.5) is 5.69 Å². The summed E-state index contributed by atoms with van der Waals surface area (Å²) < 4.78 is 6.51. The van der Waals surface area contributed by atoms with E-state index in [1.807, 2.05) is 50.4 Å². The highest BCUT2D eigenvalue weighted by atomic mass is 32.1. The number of fused-ring (bicyclic) bond motifs is 1. The number of hydrogen-bond donors (Lipinski definition) is 1. The minimum atomic E-state index is -0.792. The molecule has 0 aliphatic carbocycles. The fourth-order valence-corrected chi connectivity index (χ4v) is 3.52. The number of carbonyl (C=O) groups excluding carboxylic acids is 2. The highest BCUT2D eigenvalue weighted by Gasteiger charge is 2.18. The monoisotopic (exact) mass is 422 g/mol. The van der Waals surface area contributed by atoms with E-state index in [1.54, 1.807) is 17.4 Å². The van der Waals surface area contributed by atoms with Gasteiger partial charge in [0.25, 0.3) is 17.5 Å². The molecule has 1 amide bonds. The van der Waals surface area contributed by atoms with E-state index in [4.69, 9.17) is 4.74 Å². The molecule has 9 nitrogen and oxygen atoms in total. The molecule has 0 saturated heterocycles. The Morgan fingerprint density at radius 2 is 1.97 bits per heavy atom. The molecule has 10 heteroatoms. The zero-order chi connectivity index (χ0) is 21.3. The Kier molecular flexibility index (Phi) is 5.23. The standard InChI is InChI=1S/C20H18N6O3S/c1-11-7-12(2)26-20(21-11)24-18(25-26)19(28)29-9-17(27)23-15-6-4-5-14(8-15)16-10-30-13(3)22-16/h4-8,10H,9H2,1-3H3,(H,23,27). The molecule has 0 unspecified atom stereocenters. The largest absolute Gasteiger partial charge is 0.450 e. The summed E-state index contributed by atoms with van der Waals surface area (Å²) >= 11 is 1.56. The predicted octanol–water partition coefficient (Wildman–Crippen LogP) is 2.97. The van der Waals surface area contributed by atoms with Crippen molar-refractivity contribution in [3.8, 4) is 11.3 Å². The maximum Gasteiger partial charge on any atom is 0.378 e. The van der Waals surface area contributed by atoms with Gasteiger partial charge in [-0.3, -0.25) is 4.79 Å². The number of amides is 1. The van der Waals surface area contributed by atoms with Crippen LogP contribution in [-0.2, 0) is 9.53 Å². The van der Waals surface area contributed by atoms with E-state index in [0.717, 1.165) is 27.7 Å². The van der Waals surface area contributed by atoms with Crippen LogP contribution in [-0.4, -0.2) is 43.0 Å². The third kappa shape index (κ3) is 4.18. The molecule has 0 aliphatic rings. The molecule has 4 aromatic rings. The maximum atomic E-state index is 12.2. The van der Waals surface area contributed by atoms with Crippen molar-refractivity contribution in [2.45, 2.75) is 20.8 Å². The van der Waals surface area contributed by atoms with E-state index in [0.29, 0.717) is 11.5 Å². The first kappa shape index (κ1) is 19.6. The van der Waals surface area contributed by atoms with Crippen LogP contribution >= 0.6 is 11.3 Å². The van der Waals surface area contributed by atoms with Gasteiger partial charge in [0, 0.05) is 28.0 Å². The van der Waals surface area contributed by atoms with Gasteiger partial charge >= 0.3 is 5.97 Å². The lowest BCUT2D eigenvalue weighted by Crippen LogP contribution is -2.21. The number of hydrogen-bond acceptors (Lipinski definition) is 8. The molecular weight excluding hydrogens is 404 g/mol. The highest BCUT2D eigenvalue weighted by Crippen LogP contribution is 2.24. The van der Waals surface area contributed by atoms with Gasteiger partial charge in [-0.2, -0.15) is 4.98 Å². The molecule has 0 atom stereocenters. The molecule has 3 heterocycles. The molecule has 0 bridgehead atoms. The molecule has 30 heavy (non-hydrogen) atoms. The molecule has 3 aromatic heterocycles. The maximum absolute atomic E-state index is 12.2. The minimum Gasteiger partial charge on any atom is -0.450 e. The summed E-state index contributed by atoms with van der Waals surface area (Å²) in [6.07, 6.45) is 0. The lowest BCUT2D eigenvalue weighted by Gasteiger charge is -2.07. The van der Waals surface area contributed by atoms with E-state index in [1.165, 1.54) is 4.52 Å². The fourth-order valence-electron chi connectivity index (χ4n) is 2.90. The van der Waals surface area contributed by atoms with Crippen LogP contribution in [0, 0.1) is 20.8 Å². The van der Waals surface area contributed by atoms with Gasteiger partial charge in [-0.25, -0.2) is 19.3 Å². The van der Waals surface area contributed by atoms with Gasteiger partial charge in [0.15, 0.2) is 6.61 Å². The summed E-state index contributed by atoms with van der Waals surface area (Å²) in [4.78, 5) is 37.2. The Morgan fingerprint density at radius 1 is 1.13 bits per heavy atom. The van der Waals surface area contributed by atoms with Crippen molar-refractivity contribution in [2.24, 2.45) is 0 Å². The molecule has 0 aliphatic heterocycles. The first-order chi connectivity index (χ1) is 14.4. The second kappa shape index (κ2) is 7.99. The van der Waals surface area contributed by atoms with Crippen molar-refractivity contribution >= 4 is 34.7 Å². The second-order valence-electron chi connectivity index (χ2n) is 6.64. The molecule has 4 rings (SSSR count). The number of aromatic nitrogens is 5. The fraction of sp³-hybridized carbons (Fsp3) is 0.200. The molecule has 0 spiro atoms. The average molecular weight is 422 g/mol. The number of anilines is 1. The first-order valence-electron chi connectivity index (χ1n) is 9.09. The van der Waals surface area contributed by atoms with Crippen LogP contribution in [0.2, 0.25) is 0 Å². The molecule has 0 radical (unpaired) electrons. The first-order valence-corrected chi connectivity index (χ1v) is 9.97. The Balaban J connectivity index is 1.39. The van der Waals surface area contributed by atoms with Crippen molar-refractivity contribution in [3.05, 3.63) is 57.9 Å². The Bertz CT molecular complexity index is 1260. The van der Waals surface area contributed by atoms with Gasteiger partial charge in [-0.15, -0.1) is 16.4 Å². The van der Waals surface area contributed by atoms with Crippen molar-refractivity contribution in [1.82, 2.24) is 24.6 Å². The van der Waals surface area contributed by atoms with Crippen molar-refractivity contribution in [2.75, 3.05) is 11.9 Å². The number of ether oxygens (including phenoxy) is 1. The van der Waals surface area contributed by atoms with Gasteiger partial charge in [-0.05, 0) is 39.0 Å². The van der Waals surface area contributed by atoms with Crippen molar-refractivity contribution in [3.63, 3.8) is 0 Å². The van der Waals surface area contributed by atoms with E-state index < -0.39 is 18.5 Å². The zero-order valence-electron chi connectivity index (χ0n) is 16.5. The zero-order valence-corrected chi connectivity index (χ0v) is 17.4. The number of thiazole rings is 1. The molecule has 1 aromatic carbocycles. The number of nitrogens with one attached hydrogen (secondary N) is 1. The third-order valence-corrected chi connectivity index (χ3v) is 4.97. The summed E-state index contributed by atoms with van der Waals surface area (Å²) in [7, 11) is 0. The molecule has 0 fully saturated rings. The van der Waals surface area contributed by atoms with E-state index in [2.05, 4.69) is 25.4 Å². The van der Waals surface area contributed by atoms with E-state index >= 15 is 0 Å². The van der Waals surface area contributed by atoms with Crippen LogP contribution in [0.5, 0.6) is 0 Å². The lowest BCUT2D eigenvalue weighted by atomic mass is 10.1. The van der Waals surface area contributed by atoms with Crippen LogP contribution in [0.15, 0.2) is 35.7 Å². The van der Waals surface area contributed by atoms with Gasteiger partial charge in [-0.1, -0.05) is 12.1 Å². The number of benzene rings is 1. The van der Waals surface area contributed by atoms with Crippen molar-refractivity contribution in [1.29, 1.82) is 0 Å². The minimum absolute atomic E-state index is 0.148. The molecule has 152 valence electrons. The van der Waals surface area contributed by atoms with Gasteiger partial charge in [0.2, 0.25) is 0 Å². The smallest absolute Gasteiger partial charge is 0.378 e. The number of nitrogens with zero attached hydrogens (tertiary/aromatic N) is 5. The number of aryl methyl sites for hydroxylation is 3. The summed E-state index contributed by atoms with van der Waals surface area (Å²) in [5, 5.41) is 9.72. The third-order valence-electron chi connectivity index (χ3n) is 4.20. The number of rotatable bonds is 5. The van der Waals surface area contributed by atoms with Crippen LogP contribution < -0.4 is 5.32 Å². The summed E-state index contributed by atoms with van der Waals surface area (Å²) in [6.45, 7) is 5.14. The van der Waals surface area contributed by atoms with Gasteiger partial charge < -0.3 is 10.1 Å². The molecular formula is C20H18N6O3S. The Morgan fingerprint density at radius 3 is 2.73 bits per heavy atom. The lowest BCUT2D eigenvalue weighted by molar-refractivity contribution is -0.119. The Hall–Kier alpha value is -3.66. The van der Waals surface area contributed by atoms with Crippen LogP contribution in [0.1, 0.15) is 27.0 Å². The summed E-state index contributed by atoms with van der Waals surface area (Å²) in [5.41, 5.74) is 3.87. The van der Waals surface area contributed by atoms with Gasteiger partial charge in [0.1, 0.15) is 0 Å². The second-order valence-corrected chi connectivity index (χ2v) is 7.71. The SMILES string of the molecule is Cc1cc(C)n2nc(C(=O)OCC(=O)Nc3cccc(-c4csc(C)n4)c3)nc2n1. The molecule has 0 saturated carbocycles. The molecule has 1 N–H and O–H groups in total. The van der Waals surface area contributed by atoms with E-state index in [9.17, 15) is 9.59 Å². The topological polar surface area (TPSA) is 111 Å². The normalized spacial score (nSPS) is 10.9. The predicted molar refractivity (Wildman–Crippen MR) is 111 cm³/mol. The summed E-state index contributed by atoms with van der Waals surface area (Å²) in [6, 6.07) is 9.13. The van der Waals surface area contributed by atoms with Gasteiger partial charge in [0.05, 0.1) is 10.7 Å². The average Bonchev–Trinajstić information content (AvgIpc) is 3.33. The number of carbonyl (C=O) groups is 2. The highest BCUT2D eigenvalue weighted by molar-refractivity contribution is 7.09. The van der Waals surface area contributed by atoms with Crippen LogP contribution in [0.3, 0.4) is 0 Å². The summed E-state index contributed by atoms with van der Waals surface area (Å²) in [5.74, 6) is -1.11. The van der Waals surface area contributed by atoms with Crippen LogP contribution in [0.25, 0.3) is 17.0 Å².